The Morgan fingerprint density at radius 3 is 2.59 bits per heavy atom. The van der Waals surface area contributed by atoms with Gasteiger partial charge in [-0.2, -0.15) is 0 Å². The number of aliphatic carboxylic acids is 1. The molecule has 2 aliphatic carbocycles. The van der Waals surface area contributed by atoms with Crippen molar-refractivity contribution >= 4 is 5.97 Å². The molecule has 4 unspecified atom stereocenters. The third-order valence-corrected chi connectivity index (χ3v) is 7.71. The normalized spacial score (nSPS) is 34.3. The second-order valence-electron chi connectivity index (χ2n) is 8.65. The van der Waals surface area contributed by atoms with Crippen molar-refractivity contribution in [1.29, 1.82) is 0 Å². The highest BCUT2D eigenvalue weighted by molar-refractivity contribution is 5.72. The van der Waals surface area contributed by atoms with Crippen molar-refractivity contribution < 1.29 is 9.90 Å². The van der Waals surface area contributed by atoms with Crippen LogP contribution in [0, 0.1) is 11.8 Å². The van der Waals surface area contributed by atoms with Gasteiger partial charge in [0.2, 0.25) is 0 Å². The monoisotopic (exact) mass is 361 g/mol. The van der Waals surface area contributed by atoms with E-state index in [0.29, 0.717) is 12.0 Å². The van der Waals surface area contributed by atoms with E-state index in [1.165, 1.54) is 16.7 Å². The Balaban J connectivity index is 1.60. The SMILES string of the molecule is CC[C@@]12CC3C(C(=O)O)CC1C(Cc1ccccc12)N3Cc1ccccc1. The molecule has 4 aliphatic rings. The molecule has 2 aromatic rings. The molecule has 2 heterocycles. The molecule has 1 N–H and O–H groups in total. The summed E-state index contributed by atoms with van der Waals surface area (Å²) in [5.41, 5.74) is 4.42. The van der Waals surface area contributed by atoms with Gasteiger partial charge in [0, 0.05) is 24.0 Å². The third-order valence-electron chi connectivity index (χ3n) is 7.71. The minimum atomic E-state index is -0.611. The molecule has 0 aromatic heterocycles. The summed E-state index contributed by atoms with van der Waals surface area (Å²) < 4.78 is 0. The average Bonchev–Trinajstić information content (AvgIpc) is 2.70. The summed E-state index contributed by atoms with van der Waals surface area (Å²) in [6.45, 7) is 3.16. The van der Waals surface area contributed by atoms with Crippen LogP contribution in [0.3, 0.4) is 0 Å². The molecule has 0 amide bonds. The first-order chi connectivity index (χ1) is 13.1. The number of piperidine rings is 2. The molecule has 2 saturated heterocycles. The number of carbonyl (C=O) groups is 1. The Bertz CT molecular complexity index is 864. The van der Waals surface area contributed by atoms with Crippen LogP contribution in [0.15, 0.2) is 54.6 Å². The number of fused-ring (bicyclic) bond motifs is 2. The zero-order valence-corrected chi connectivity index (χ0v) is 15.8. The number of carboxylic acid groups (broad SMARTS) is 1. The van der Waals surface area contributed by atoms with Crippen molar-refractivity contribution in [3.8, 4) is 0 Å². The lowest BCUT2D eigenvalue weighted by Gasteiger charge is -2.65. The zero-order valence-electron chi connectivity index (χ0n) is 15.8. The Morgan fingerprint density at radius 1 is 1.11 bits per heavy atom. The molecule has 0 spiro atoms. The van der Waals surface area contributed by atoms with Gasteiger partial charge in [-0.05, 0) is 48.3 Å². The number of hydrogen-bond donors (Lipinski definition) is 1. The topological polar surface area (TPSA) is 40.5 Å². The Kier molecular flexibility index (Phi) is 3.90. The van der Waals surface area contributed by atoms with Crippen LogP contribution < -0.4 is 0 Å². The lowest BCUT2D eigenvalue weighted by atomic mass is 9.48. The molecular weight excluding hydrogens is 334 g/mol. The maximum absolute atomic E-state index is 12.1. The predicted octanol–water partition coefficient (Wildman–Crippen LogP) is 4.25. The van der Waals surface area contributed by atoms with E-state index in [9.17, 15) is 9.90 Å². The van der Waals surface area contributed by atoms with Crippen molar-refractivity contribution in [3.63, 3.8) is 0 Å². The molecule has 3 heteroatoms. The molecule has 2 aliphatic heterocycles. The van der Waals surface area contributed by atoms with Gasteiger partial charge in [0.1, 0.15) is 0 Å². The van der Waals surface area contributed by atoms with E-state index in [0.717, 1.165) is 32.2 Å². The Labute approximate surface area is 161 Å². The minimum Gasteiger partial charge on any atom is -0.481 e. The van der Waals surface area contributed by atoms with Crippen LogP contribution >= 0.6 is 0 Å². The summed E-state index contributed by atoms with van der Waals surface area (Å²) in [6.07, 6.45) is 3.97. The molecule has 1 saturated carbocycles. The van der Waals surface area contributed by atoms with Gasteiger partial charge >= 0.3 is 5.97 Å². The van der Waals surface area contributed by atoms with E-state index >= 15 is 0 Å². The van der Waals surface area contributed by atoms with Crippen LogP contribution in [-0.2, 0) is 23.2 Å². The number of carboxylic acids is 1. The van der Waals surface area contributed by atoms with Crippen molar-refractivity contribution in [2.45, 2.75) is 56.7 Å². The van der Waals surface area contributed by atoms with E-state index in [1.54, 1.807) is 0 Å². The molecule has 3 nitrogen and oxygen atoms in total. The average molecular weight is 361 g/mol. The molecule has 27 heavy (non-hydrogen) atoms. The Morgan fingerprint density at radius 2 is 1.85 bits per heavy atom. The first-order valence-electron chi connectivity index (χ1n) is 10.2. The molecule has 2 aromatic carbocycles. The maximum Gasteiger partial charge on any atom is 0.308 e. The fraction of sp³-hybridized carbons (Fsp3) is 0.458. The van der Waals surface area contributed by atoms with E-state index in [4.69, 9.17) is 0 Å². The van der Waals surface area contributed by atoms with Crippen LogP contribution in [0.2, 0.25) is 0 Å². The first-order valence-corrected chi connectivity index (χ1v) is 10.2. The molecule has 5 atom stereocenters. The minimum absolute atomic E-state index is 0.131. The summed E-state index contributed by atoms with van der Waals surface area (Å²) in [7, 11) is 0. The molecule has 6 rings (SSSR count). The van der Waals surface area contributed by atoms with E-state index < -0.39 is 5.97 Å². The lowest BCUT2D eigenvalue weighted by molar-refractivity contribution is -0.163. The highest BCUT2D eigenvalue weighted by Crippen LogP contribution is 2.59. The van der Waals surface area contributed by atoms with Gasteiger partial charge < -0.3 is 5.11 Å². The van der Waals surface area contributed by atoms with Gasteiger partial charge in [-0.3, -0.25) is 9.69 Å². The van der Waals surface area contributed by atoms with Crippen LogP contribution in [0.25, 0.3) is 0 Å². The van der Waals surface area contributed by atoms with Crippen molar-refractivity contribution in [2.75, 3.05) is 0 Å². The van der Waals surface area contributed by atoms with Crippen LogP contribution in [0.1, 0.15) is 42.9 Å². The smallest absolute Gasteiger partial charge is 0.308 e. The molecule has 0 radical (unpaired) electrons. The van der Waals surface area contributed by atoms with Gasteiger partial charge in [-0.15, -0.1) is 0 Å². The third kappa shape index (κ3) is 2.41. The van der Waals surface area contributed by atoms with E-state index in [1.807, 2.05) is 6.07 Å². The van der Waals surface area contributed by atoms with Crippen LogP contribution in [0.4, 0.5) is 0 Å². The number of nitrogens with zero attached hydrogens (tertiary/aromatic N) is 1. The molecule has 3 fully saturated rings. The predicted molar refractivity (Wildman–Crippen MR) is 106 cm³/mol. The van der Waals surface area contributed by atoms with Crippen molar-refractivity contribution in [3.05, 3.63) is 71.3 Å². The number of hydrogen-bond acceptors (Lipinski definition) is 2. The lowest BCUT2D eigenvalue weighted by Crippen LogP contribution is -2.70. The van der Waals surface area contributed by atoms with Gasteiger partial charge in [-0.25, -0.2) is 0 Å². The first kappa shape index (κ1) is 17.0. The fourth-order valence-electron chi connectivity index (χ4n) is 6.54. The summed E-state index contributed by atoms with van der Waals surface area (Å²) in [5.74, 6) is -0.410. The summed E-state index contributed by atoms with van der Waals surface area (Å²) in [6, 6.07) is 20.1. The van der Waals surface area contributed by atoms with Gasteiger partial charge in [0.05, 0.1) is 5.92 Å². The second-order valence-corrected chi connectivity index (χ2v) is 8.65. The Hall–Kier alpha value is -2.13. The number of benzene rings is 2. The maximum atomic E-state index is 12.1. The van der Waals surface area contributed by atoms with Crippen molar-refractivity contribution in [1.82, 2.24) is 4.90 Å². The van der Waals surface area contributed by atoms with Gasteiger partial charge in [-0.1, -0.05) is 61.5 Å². The van der Waals surface area contributed by atoms with Gasteiger partial charge in [0.15, 0.2) is 0 Å². The second kappa shape index (κ2) is 6.20. The highest BCUT2D eigenvalue weighted by atomic mass is 16.4. The summed E-state index contributed by atoms with van der Waals surface area (Å²) >= 11 is 0. The molecular formula is C24H27NO2. The van der Waals surface area contributed by atoms with Gasteiger partial charge in [0.25, 0.3) is 0 Å². The summed E-state index contributed by atoms with van der Waals surface area (Å²) in [4.78, 5) is 14.6. The highest BCUT2D eigenvalue weighted by Gasteiger charge is 2.61. The largest absolute Gasteiger partial charge is 0.481 e. The van der Waals surface area contributed by atoms with E-state index in [2.05, 4.69) is 60.4 Å². The molecule has 4 bridgehead atoms. The standard InChI is InChI=1S/C24H27NO2/c1-2-24-14-22-18(23(26)27)13-20(24)21(12-17-10-6-7-11-19(17)24)25(22)15-16-8-4-3-5-9-16/h3-11,18,20-22H,2,12-15H2,1H3,(H,26,27)/t18?,20?,21?,22?,24-/m0/s1. The summed E-state index contributed by atoms with van der Waals surface area (Å²) in [5, 5.41) is 9.93. The molecule has 140 valence electrons. The zero-order chi connectivity index (χ0) is 18.6. The van der Waals surface area contributed by atoms with E-state index in [-0.39, 0.29) is 17.4 Å². The fourth-order valence-corrected chi connectivity index (χ4v) is 6.54. The quantitative estimate of drug-likeness (QED) is 0.885. The van der Waals surface area contributed by atoms with Crippen molar-refractivity contribution in [2.24, 2.45) is 11.8 Å². The number of rotatable bonds is 4. The van der Waals surface area contributed by atoms with Crippen LogP contribution in [0.5, 0.6) is 0 Å². The van der Waals surface area contributed by atoms with Crippen LogP contribution in [-0.4, -0.2) is 28.1 Å².